The molecule has 132 valence electrons. The molecule has 1 aromatic rings. The van der Waals surface area contributed by atoms with Crippen LogP contribution in [0.3, 0.4) is 0 Å². The predicted octanol–water partition coefficient (Wildman–Crippen LogP) is 4.19. The van der Waals surface area contributed by atoms with E-state index in [9.17, 15) is 0 Å². The highest BCUT2D eigenvalue weighted by Gasteiger charge is 2.23. The predicted molar refractivity (Wildman–Crippen MR) is 96.7 cm³/mol. The minimum absolute atomic E-state index is 0.120. The van der Waals surface area contributed by atoms with Crippen LogP contribution in [0.15, 0.2) is 47.9 Å². The smallest absolute Gasteiger partial charge is 0.157 e. The molecule has 0 aromatic heterocycles. The molecule has 0 radical (unpaired) electrons. The molecule has 0 spiro atoms. The topological polar surface area (TPSA) is 53.7 Å². The van der Waals surface area contributed by atoms with Gasteiger partial charge in [0.2, 0.25) is 0 Å². The van der Waals surface area contributed by atoms with E-state index < -0.39 is 0 Å². The van der Waals surface area contributed by atoms with Gasteiger partial charge in [-0.05, 0) is 49.6 Å². The van der Waals surface area contributed by atoms with E-state index in [1.54, 1.807) is 0 Å². The molecule has 24 heavy (non-hydrogen) atoms. The van der Waals surface area contributed by atoms with Gasteiger partial charge in [0.1, 0.15) is 6.61 Å². The highest BCUT2D eigenvalue weighted by Crippen LogP contribution is 2.24. The number of allylic oxidation sites excluding steroid dienone is 2. The maximum atomic E-state index is 6.13. The van der Waals surface area contributed by atoms with Crippen molar-refractivity contribution in [3.05, 3.63) is 58.5 Å². The number of benzene rings is 1. The summed E-state index contributed by atoms with van der Waals surface area (Å²) in [5.74, 6) is 1.61. The molecule has 1 atom stereocenters. The molecule has 0 bridgehead atoms. The Kier molecular flexibility index (Phi) is 8.16. The zero-order valence-corrected chi connectivity index (χ0v) is 14.9. The van der Waals surface area contributed by atoms with Crippen LogP contribution < -0.4 is 5.73 Å². The SMILES string of the molecule is CC/C=C1/OCC(COCc2ccccc2Cl)O/C1=C/CCCN. The molecular formula is C19H26ClNO3. The average Bonchev–Trinajstić information content (AvgIpc) is 2.59. The van der Waals surface area contributed by atoms with Crippen LogP contribution in [0.5, 0.6) is 0 Å². The van der Waals surface area contributed by atoms with Crippen molar-refractivity contribution in [2.24, 2.45) is 5.73 Å². The Balaban J connectivity index is 1.87. The van der Waals surface area contributed by atoms with E-state index in [4.69, 9.17) is 31.5 Å². The van der Waals surface area contributed by atoms with Crippen molar-refractivity contribution >= 4 is 11.6 Å². The third kappa shape index (κ3) is 5.86. The molecule has 2 rings (SSSR count). The van der Waals surface area contributed by atoms with Gasteiger partial charge in [-0.25, -0.2) is 0 Å². The number of rotatable bonds is 8. The van der Waals surface area contributed by atoms with E-state index in [-0.39, 0.29) is 6.10 Å². The van der Waals surface area contributed by atoms with Crippen LogP contribution in [0.2, 0.25) is 5.02 Å². The highest BCUT2D eigenvalue weighted by atomic mass is 35.5. The molecular weight excluding hydrogens is 326 g/mol. The van der Waals surface area contributed by atoms with Gasteiger partial charge in [-0.15, -0.1) is 0 Å². The summed E-state index contributed by atoms with van der Waals surface area (Å²) in [6, 6.07) is 7.68. The zero-order valence-electron chi connectivity index (χ0n) is 14.2. The number of halogens is 1. The lowest BCUT2D eigenvalue weighted by Gasteiger charge is -2.28. The number of unbranched alkanes of at least 4 members (excludes halogenated alkanes) is 1. The van der Waals surface area contributed by atoms with Crippen molar-refractivity contribution in [3.63, 3.8) is 0 Å². The molecule has 1 aliphatic heterocycles. The van der Waals surface area contributed by atoms with E-state index >= 15 is 0 Å². The first-order chi connectivity index (χ1) is 11.7. The van der Waals surface area contributed by atoms with Gasteiger partial charge in [-0.2, -0.15) is 0 Å². The standard InChI is InChI=1S/C19H26ClNO3/c1-2-7-18-19(10-5-6-11-21)24-16(14-23-18)13-22-12-15-8-3-4-9-17(15)20/h3-4,7-10,16H,2,5-6,11-14,21H2,1H3/b18-7+,19-10+. The maximum absolute atomic E-state index is 6.13. The van der Waals surface area contributed by atoms with Gasteiger partial charge in [0.25, 0.3) is 0 Å². The van der Waals surface area contributed by atoms with Crippen molar-refractivity contribution in [2.45, 2.75) is 38.9 Å². The van der Waals surface area contributed by atoms with Crippen molar-refractivity contribution in [2.75, 3.05) is 19.8 Å². The number of nitrogens with two attached hydrogens (primary N) is 1. The minimum atomic E-state index is -0.120. The largest absolute Gasteiger partial charge is 0.486 e. The Morgan fingerprint density at radius 2 is 2.12 bits per heavy atom. The van der Waals surface area contributed by atoms with E-state index in [2.05, 4.69) is 13.0 Å². The summed E-state index contributed by atoms with van der Waals surface area (Å²) in [6.07, 6.45) is 6.68. The Hall–Kier alpha value is -1.49. The number of ether oxygens (including phenoxy) is 3. The van der Waals surface area contributed by atoms with Gasteiger partial charge in [-0.1, -0.05) is 36.7 Å². The van der Waals surface area contributed by atoms with Crippen LogP contribution in [-0.2, 0) is 20.8 Å². The van der Waals surface area contributed by atoms with Crippen LogP contribution >= 0.6 is 11.6 Å². The third-order valence-electron chi connectivity index (χ3n) is 3.61. The molecule has 1 heterocycles. The minimum Gasteiger partial charge on any atom is -0.486 e. The molecule has 0 aliphatic carbocycles. The second-order valence-corrected chi connectivity index (χ2v) is 6.04. The van der Waals surface area contributed by atoms with Gasteiger partial charge in [0.15, 0.2) is 17.6 Å². The number of hydrogen-bond donors (Lipinski definition) is 1. The molecule has 4 nitrogen and oxygen atoms in total. The summed E-state index contributed by atoms with van der Waals surface area (Å²) in [6.45, 7) is 4.15. The average molecular weight is 352 g/mol. The molecule has 1 aliphatic rings. The Labute approximate surface area is 149 Å². The van der Waals surface area contributed by atoms with Crippen molar-refractivity contribution in [1.29, 1.82) is 0 Å². The van der Waals surface area contributed by atoms with Gasteiger partial charge < -0.3 is 19.9 Å². The quantitative estimate of drug-likeness (QED) is 0.713. The van der Waals surface area contributed by atoms with Gasteiger partial charge in [-0.3, -0.25) is 0 Å². The van der Waals surface area contributed by atoms with Crippen LogP contribution in [0.4, 0.5) is 0 Å². The van der Waals surface area contributed by atoms with Crippen molar-refractivity contribution in [3.8, 4) is 0 Å². The lowest BCUT2D eigenvalue weighted by molar-refractivity contribution is -0.0568. The van der Waals surface area contributed by atoms with E-state index in [0.717, 1.165) is 36.3 Å². The maximum Gasteiger partial charge on any atom is 0.157 e. The summed E-state index contributed by atoms with van der Waals surface area (Å²) in [5.41, 5.74) is 6.52. The van der Waals surface area contributed by atoms with Gasteiger partial charge >= 0.3 is 0 Å². The third-order valence-corrected chi connectivity index (χ3v) is 3.98. The lowest BCUT2D eigenvalue weighted by atomic mass is 10.2. The number of hydrogen-bond acceptors (Lipinski definition) is 4. The van der Waals surface area contributed by atoms with Crippen LogP contribution in [0, 0.1) is 0 Å². The van der Waals surface area contributed by atoms with Gasteiger partial charge in [0, 0.05) is 5.02 Å². The molecule has 1 unspecified atom stereocenters. The second kappa shape index (κ2) is 10.4. The molecule has 1 aromatic carbocycles. The zero-order chi connectivity index (χ0) is 17.2. The van der Waals surface area contributed by atoms with Crippen LogP contribution in [-0.4, -0.2) is 25.9 Å². The normalized spacial score (nSPS) is 20.9. The molecule has 1 fully saturated rings. The molecule has 5 heteroatoms. The van der Waals surface area contributed by atoms with Crippen LogP contribution in [0.1, 0.15) is 31.7 Å². The van der Waals surface area contributed by atoms with Crippen molar-refractivity contribution < 1.29 is 14.2 Å². The first-order valence-electron chi connectivity index (χ1n) is 8.46. The summed E-state index contributed by atoms with van der Waals surface area (Å²) < 4.78 is 17.6. The second-order valence-electron chi connectivity index (χ2n) is 5.63. The highest BCUT2D eigenvalue weighted by molar-refractivity contribution is 6.31. The Morgan fingerprint density at radius 1 is 1.29 bits per heavy atom. The van der Waals surface area contributed by atoms with Crippen LogP contribution in [0.25, 0.3) is 0 Å². The van der Waals surface area contributed by atoms with Gasteiger partial charge in [0.05, 0.1) is 13.2 Å². The lowest BCUT2D eigenvalue weighted by Crippen LogP contribution is -2.30. The molecule has 1 saturated heterocycles. The molecule has 0 amide bonds. The monoisotopic (exact) mass is 351 g/mol. The first kappa shape index (κ1) is 18.8. The first-order valence-corrected chi connectivity index (χ1v) is 8.83. The fourth-order valence-corrected chi connectivity index (χ4v) is 2.56. The molecule has 0 saturated carbocycles. The summed E-state index contributed by atoms with van der Waals surface area (Å²) in [4.78, 5) is 0. The Morgan fingerprint density at radius 3 is 2.88 bits per heavy atom. The summed E-state index contributed by atoms with van der Waals surface area (Å²) >= 11 is 6.13. The van der Waals surface area contributed by atoms with Crippen molar-refractivity contribution in [1.82, 2.24) is 0 Å². The summed E-state index contributed by atoms with van der Waals surface area (Å²) in [7, 11) is 0. The Bertz CT molecular complexity index is 571. The molecule has 2 N–H and O–H groups in total. The van der Waals surface area contributed by atoms with E-state index in [1.807, 2.05) is 30.3 Å². The fraction of sp³-hybridized carbons (Fsp3) is 0.474. The fourth-order valence-electron chi connectivity index (χ4n) is 2.37. The van der Waals surface area contributed by atoms with E-state index in [1.165, 1.54) is 0 Å². The van der Waals surface area contributed by atoms with E-state index in [0.29, 0.717) is 31.4 Å². The summed E-state index contributed by atoms with van der Waals surface area (Å²) in [5, 5.41) is 0.717.